The van der Waals surface area contributed by atoms with Crippen molar-refractivity contribution in [3.05, 3.63) is 0 Å². The standard InChI is InChI=1S/C9H16O2/c1-8(2,3)6-5-9(6,4)7(10)11/h6H,5H2,1-4H3,(H,10,11)/t6-,9+/m0/s1. The Kier molecular flexibility index (Phi) is 1.55. The molecule has 0 saturated heterocycles. The second-order valence-electron chi connectivity index (χ2n) is 4.85. The van der Waals surface area contributed by atoms with Crippen LogP contribution in [0.25, 0.3) is 0 Å². The average Bonchev–Trinajstić information content (AvgIpc) is 2.41. The summed E-state index contributed by atoms with van der Waals surface area (Å²) in [4.78, 5) is 10.7. The molecule has 0 radical (unpaired) electrons. The fourth-order valence-electron chi connectivity index (χ4n) is 1.86. The van der Waals surface area contributed by atoms with E-state index >= 15 is 0 Å². The first-order valence-electron chi connectivity index (χ1n) is 4.02. The van der Waals surface area contributed by atoms with Crippen LogP contribution in [0.2, 0.25) is 0 Å². The van der Waals surface area contributed by atoms with E-state index in [1.165, 1.54) is 0 Å². The highest BCUT2D eigenvalue weighted by molar-refractivity contribution is 5.78. The van der Waals surface area contributed by atoms with Gasteiger partial charge in [-0.3, -0.25) is 4.79 Å². The molecule has 1 fully saturated rings. The van der Waals surface area contributed by atoms with Crippen LogP contribution in [-0.2, 0) is 4.79 Å². The first-order valence-corrected chi connectivity index (χ1v) is 4.02. The van der Waals surface area contributed by atoms with Crippen molar-refractivity contribution in [2.75, 3.05) is 0 Å². The molecule has 0 aliphatic heterocycles. The van der Waals surface area contributed by atoms with Crippen molar-refractivity contribution < 1.29 is 9.90 Å². The van der Waals surface area contributed by atoms with Crippen LogP contribution in [0.5, 0.6) is 0 Å². The van der Waals surface area contributed by atoms with E-state index in [4.69, 9.17) is 5.11 Å². The number of hydrogen-bond acceptors (Lipinski definition) is 1. The lowest BCUT2D eigenvalue weighted by Gasteiger charge is -2.19. The van der Waals surface area contributed by atoms with Gasteiger partial charge in [-0.05, 0) is 24.7 Å². The third-order valence-electron chi connectivity index (χ3n) is 2.77. The molecule has 11 heavy (non-hydrogen) atoms. The summed E-state index contributed by atoms with van der Waals surface area (Å²) in [5.74, 6) is -0.287. The summed E-state index contributed by atoms with van der Waals surface area (Å²) in [6.07, 6.45) is 0.839. The molecule has 0 bridgehead atoms. The normalized spacial score (nSPS) is 36.9. The molecule has 0 aromatic heterocycles. The fraction of sp³-hybridized carbons (Fsp3) is 0.889. The number of carbonyl (C=O) groups is 1. The van der Waals surface area contributed by atoms with Gasteiger partial charge in [0.15, 0.2) is 0 Å². The number of carboxylic acids is 1. The minimum atomic E-state index is -0.641. The van der Waals surface area contributed by atoms with Crippen molar-refractivity contribution in [2.45, 2.75) is 34.1 Å². The second kappa shape index (κ2) is 1.99. The van der Waals surface area contributed by atoms with Gasteiger partial charge in [0.2, 0.25) is 0 Å². The van der Waals surface area contributed by atoms with Gasteiger partial charge in [0.05, 0.1) is 5.41 Å². The summed E-state index contributed by atoms with van der Waals surface area (Å²) < 4.78 is 0. The molecule has 2 nitrogen and oxygen atoms in total. The van der Waals surface area contributed by atoms with Crippen LogP contribution in [0.4, 0.5) is 0 Å². The molecule has 0 spiro atoms. The van der Waals surface area contributed by atoms with Crippen LogP contribution in [0.1, 0.15) is 34.1 Å². The molecule has 0 aromatic carbocycles. The lowest BCUT2D eigenvalue weighted by Crippen LogP contribution is -2.20. The maximum absolute atomic E-state index is 10.7. The van der Waals surface area contributed by atoms with Gasteiger partial charge in [0, 0.05) is 0 Å². The van der Waals surface area contributed by atoms with E-state index in [0.717, 1.165) is 6.42 Å². The first-order chi connectivity index (χ1) is 4.78. The minimum absolute atomic E-state index is 0.146. The molecule has 1 rings (SSSR count). The summed E-state index contributed by atoms with van der Waals surface area (Å²) >= 11 is 0. The van der Waals surface area contributed by atoms with Gasteiger partial charge >= 0.3 is 5.97 Å². The summed E-state index contributed by atoms with van der Waals surface area (Å²) in [6, 6.07) is 0. The highest BCUT2D eigenvalue weighted by Crippen LogP contribution is 2.60. The maximum Gasteiger partial charge on any atom is 0.309 e. The summed E-state index contributed by atoms with van der Waals surface area (Å²) in [5.41, 5.74) is -0.286. The fourth-order valence-corrected chi connectivity index (χ4v) is 1.86. The van der Waals surface area contributed by atoms with E-state index in [0.29, 0.717) is 5.92 Å². The summed E-state index contributed by atoms with van der Waals surface area (Å²) in [7, 11) is 0. The van der Waals surface area contributed by atoms with Crippen LogP contribution in [0.15, 0.2) is 0 Å². The zero-order valence-corrected chi connectivity index (χ0v) is 7.64. The molecule has 0 unspecified atom stereocenters. The van der Waals surface area contributed by atoms with Crippen LogP contribution in [0, 0.1) is 16.7 Å². The highest BCUT2D eigenvalue weighted by Gasteiger charge is 2.60. The molecule has 1 N–H and O–H groups in total. The quantitative estimate of drug-likeness (QED) is 0.631. The Morgan fingerprint density at radius 2 is 2.00 bits per heavy atom. The minimum Gasteiger partial charge on any atom is -0.481 e. The zero-order chi connectivity index (χ0) is 8.86. The molecule has 2 heteroatoms. The molecule has 0 heterocycles. The Morgan fingerprint density at radius 3 is 2.09 bits per heavy atom. The molecule has 0 amide bonds. The third kappa shape index (κ3) is 1.26. The van der Waals surface area contributed by atoms with Gasteiger partial charge in [-0.25, -0.2) is 0 Å². The summed E-state index contributed by atoms with van der Waals surface area (Å²) in [6.45, 7) is 8.15. The van der Waals surface area contributed by atoms with Gasteiger partial charge in [-0.1, -0.05) is 20.8 Å². The Labute approximate surface area is 67.6 Å². The molecule has 1 aliphatic rings. The van der Waals surface area contributed by atoms with Crippen molar-refractivity contribution in [1.82, 2.24) is 0 Å². The molecular weight excluding hydrogens is 140 g/mol. The predicted octanol–water partition coefficient (Wildman–Crippen LogP) is 2.14. The van der Waals surface area contributed by atoms with Gasteiger partial charge in [-0.2, -0.15) is 0 Å². The van der Waals surface area contributed by atoms with Gasteiger partial charge < -0.3 is 5.11 Å². The SMILES string of the molecule is CC(C)(C)[C@@H]1C[C@@]1(C)C(=O)O. The van der Waals surface area contributed by atoms with Gasteiger partial charge in [-0.15, -0.1) is 0 Å². The van der Waals surface area contributed by atoms with E-state index in [1.54, 1.807) is 0 Å². The molecule has 1 aliphatic carbocycles. The van der Waals surface area contributed by atoms with Crippen molar-refractivity contribution in [1.29, 1.82) is 0 Å². The number of aliphatic carboxylic acids is 1. The van der Waals surface area contributed by atoms with Crippen LogP contribution < -0.4 is 0 Å². The van der Waals surface area contributed by atoms with Gasteiger partial charge in [0.1, 0.15) is 0 Å². The number of carboxylic acid groups (broad SMARTS) is 1. The largest absolute Gasteiger partial charge is 0.481 e. The lowest BCUT2D eigenvalue weighted by atomic mass is 9.85. The number of hydrogen-bond donors (Lipinski definition) is 1. The average molecular weight is 156 g/mol. The second-order valence-corrected chi connectivity index (χ2v) is 4.85. The molecule has 64 valence electrons. The summed E-state index contributed by atoms with van der Waals surface area (Å²) in [5, 5.41) is 8.85. The molecule has 0 aromatic rings. The molecule has 1 saturated carbocycles. The van der Waals surface area contributed by atoms with E-state index in [1.807, 2.05) is 6.92 Å². The van der Waals surface area contributed by atoms with E-state index in [9.17, 15) is 4.79 Å². The van der Waals surface area contributed by atoms with Crippen molar-refractivity contribution >= 4 is 5.97 Å². The molecular formula is C9H16O2. The monoisotopic (exact) mass is 156 g/mol. The predicted molar refractivity (Wildman–Crippen MR) is 43.3 cm³/mol. The van der Waals surface area contributed by atoms with Crippen LogP contribution >= 0.6 is 0 Å². The molecule has 2 atom stereocenters. The van der Waals surface area contributed by atoms with Crippen LogP contribution in [0.3, 0.4) is 0 Å². The van der Waals surface area contributed by atoms with Crippen molar-refractivity contribution in [3.63, 3.8) is 0 Å². The van der Waals surface area contributed by atoms with Gasteiger partial charge in [0.25, 0.3) is 0 Å². The smallest absolute Gasteiger partial charge is 0.309 e. The topological polar surface area (TPSA) is 37.3 Å². The van der Waals surface area contributed by atoms with Crippen molar-refractivity contribution in [2.24, 2.45) is 16.7 Å². The van der Waals surface area contributed by atoms with Crippen LogP contribution in [-0.4, -0.2) is 11.1 Å². The zero-order valence-electron chi connectivity index (χ0n) is 7.64. The Hall–Kier alpha value is -0.530. The van der Waals surface area contributed by atoms with Crippen molar-refractivity contribution in [3.8, 4) is 0 Å². The maximum atomic E-state index is 10.7. The Balaban J connectivity index is 2.68. The Morgan fingerprint density at radius 1 is 1.55 bits per heavy atom. The number of rotatable bonds is 1. The third-order valence-corrected chi connectivity index (χ3v) is 2.77. The first kappa shape index (κ1) is 8.57. The highest BCUT2D eigenvalue weighted by atomic mass is 16.4. The van der Waals surface area contributed by atoms with E-state index < -0.39 is 11.4 Å². The van der Waals surface area contributed by atoms with E-state index in [2.05, 4.69) is 20.8 Å². The van der Waals surface area contributed by atoms with E-state index in [-0.39, 0.29) is 5.41 Å². The lowest BCUT2D eigenvalue weighted by molar-refractivity contribution is -0.143. The Bertz CT molecular complexity index is 190.